The van der Waals surface area contributed by atoms with Gasteiger partial charge < -0.3 is 15.2 Å². The summed E-state index contributed by atoms with van der Waals surface area (Å²) in [6, 6.07) is 13.6. The maximum atomic E-state index is 12.9. The first-order chi connectivity index (χ1) is 12.8. The zero-order valence-electron chi connectivity index (χ0n) is 15.0. The third kappa shape index (κ3) is 4.09. The molecular formula is C19H20ClN3O3S. The molecule has 2 N–H and O–H groups in total. The highest BCUT2D eigenvalue weighted by Gasteiger charge is 2.24. The number of benzene rings is 2. The van der Waals surface area contributed by atoms with Crippen LogP contribution >= 0.6 is 11.6 Å². The van der Waals surface area contributed by atoms with Gasteiger partial charge in [0.25, 0.3) is 0 Å². The van der Waals surface area contributed by atoms with Gasteiger partial charge in [-0.05, 0) is 31.2 Å². The molecule has 3 rings (SSSR count). The number of aromatic nitrogens is 1. The Morgan fingerprint density at radius 1 is 1.15 bits per heavy atom. The largest absolute Gasteiger partial charge is 0.347 e. The van der Waals surface area contributed by atoms with E-state index in [4.69, 9.17) is 11.6 Å². The molecule has 0 saturated heterocycles. The lowest BCUT2D eigenvalue weighted by atomic mass is 10.2. The summed E-state index contributed by atoms with van der Waals surface area (Å²) in [6.45, 7) is 1.78. The quantitative estimate of drug-likeness (QED) is 0.678. The summed E-state index contributed by atoms with van der Waals surface area (Å²) in [6.07, 6.45) is 0. The second-order valence-electron chi connectivity index (χ2n) is 6.20. The van der Waals surface area contributed by atoms with Crippen molar-refractivity contribution < 1.29 is 13.2 Å². The molecular weight excluding hydrogens is 386 g/mol. The van der Waals surface area contributed by atoms with Gasteiger partial charge in [0, 0.05) is 40.9 Å². The lowest BCUT2D eigenvalue weighted by Gasteiger charge is -2.09. The number of sulfone groups is 1. The van der Waals surface area contributed by atoms with Crippen molar-refractivity contribution in [3.63, 3.8) is 0 Å². The molecule has 0 atom stereocenters. The number of carbonyl (C=O) groups is 1. The van der Waals surface area contributed by atoms with Crippen molar-refractivity contribution in [2.75, 3.05) is 17.6 Å². The van der Waals surface area contributed by atoms with Crippen molar-refractivity contribution in [2.24, 2.45) is 7.05 Å². The first-order valence-electron chi connectivity index (χ1n) is 8.37. The van der Waals surface area contributed by atoms with E-state index >= 15 is 0 Å². The van der Waals surface area contributed by atoms with Crippen LogP contribution in [0.1, 0.15) is 5.69 Å². The van der Waals surface area contributed by atoms with Crippen molar-refractivity contribution in [1.82, 2.24) is 9.88 Å². The van der Waals surface area contributed by atoms with Gasteiger partial charge in [-0.3, -0.25) is 0 Å². The predicted molar refractivity (Wildman–Crippen MR) is 108 cm³/mol. The summed E-state index contributed by atoms with van der Waals surface area (Å²) in [7, 11) is -1.72. The van der Waals surface area contributed by atoms with Crippen molar-refractivity contribution in [3.05, 3.63) is 59.2 Å². The normalized spacial score (nSPS) is 11.5. The standard InChI is InChI=1S/C19H20ClN3O3S/c1-13-18(16-8-3-4-9-17(16)23(13)2)27(25,26)11-10-21-19(24)22-15-7-5-6-14(20)12-15/h3-9,12H,10-11H2,1-2H3,(H2,21,22,24). The Hall–Kier alpha value is -2.51. The fraction of sp³-hybridized carbons (Fsp3) is 0.211. The summed E-state index contributed by atoms with van der Waals surface area (Å²) < 4.78 is 27.6. The Morgan fingerprint density at radius 2 is 1.89 bits per heavy atom. The molecule has 8 heteroatoms. The zero-order valence-corrected chi connectivity index (χ0v) is 16.6. The van der Waals surface area contributed by atoms with Gasteiger partial charge in [-0.1, -0.05) is 35.9 Å². The summed E-state index contributed by atoms with van der Waals surface area (Å²) in [5.41, 5.74) is 2.08. The fourth-order valence-corrected chi connectivity index (χ4v) is 4.88. The van der Waals surface area contributed by atoms with Gasteiger partial charge in [0.1, 0.15) is 0 Å². The van der Waals surface area contributed by atoms with Crippen molar-refractivity contribution in [1.29, 1.82) is 0 Å². The number of halogens is 1. The van der Waals surface area contributed by atoms with Gasteiger partial charge in [0.05, 0.1) is 10.6 Å². The van der Waals surface area contributed by atoms with E-state index in [2.05, 4.69) is 10.6 Å². The molecule has 2 amide bonds. The van der Waals surface area contributed by atoms with Crippen LogP contribution in [0, 0.1) is 6.92 Å². The molecule has 0 fully saturated rings. The fourth-order valence-electron chi connectivity index (χ4n) is 3.02. The van der Waals surface area contributed by atoms with E-state index in [9.17, 15) is 13.2 Å². The van der Waals surface area contributed by atoms with Crippen LogP contribution < -0.4 is 10.6 Å². The third-order valence-electron chi connectivity index (χ3n) is 4.39. The summed E-state index contributed by atoms with van der Waals surface area (Å²) in [5.74, 6) is -0.190. The molecule has 27 heavy (non-hydrogen) atoms. The van der Waals surface area contributed by atoms with Crippen LogP contribution in [-0.4, -0.2) is 31.3 Å². The van der Waals surface area contributed by atoms with E-state index in [1.165, 1.54) is 0 Å². The topological polar surface area (TPSA) is 80.2 Å². The van der Waals surface area contributed by atoms with Gasteiger partial charge in [-0.25, -0.2) is 13.2 Å². The van der Waals surface area contributed by atoms with Crippen LogP contribution in [0.15, 0.2) is 53.4 Å². The van der Waals surface area contributed by atoms with Crippen molar-refractivity contribution in [3.8, 4) is 0 Å². The number of amides is 2. The Labute approximate surface area is 163 Å². The predicted octanol–water partition coefficient (Wildman–Crippen LogP) is 3.74. The molecule has 6 nitrogen and oxygen atoms in total. The SMILES string of the molecule is Cc1c(S(=O)(=O)CCNC(=O)Nc2cccc(Cl)c2)c2ccccc2n1C. The Bertz CT molecular complexity index is 1110. The van der Waals surface area contributed by atoms with E-state index in [1.807, 2.05) is 29.8 Å². The summed E-state index contributed by atoms with van der Waals surface area (Å²) >= 11 is 5.87. The molecule has 0 spiro atoms. The molecule has 1 heterocycles. The van der Waals surface area contributed by atoms with Crippen LogP contribution in [0.4, 0.5) is 10.5 Å². The zero-order chi connectivity index (χ0) is 19.6. The maximum absolute atomic E-state index is 12.9. The van der Waals surface area contributed by atoms with Gasteiger partial charge >= 0.3 is 6.03 Å². The molecule has 0 saturated carbocycles. The number of para-hydroxylation sites is 1. The second-order valence-corrected chi connectivity index (χ2v) is 8.68. The Balaban J connectivity index is 1.69. The molecule has 2 aromatic carbocycles. The molecule has 0 radical (unpaired) electrons. The highest BCUT2D eigenvalue weighted by molar-refractivity contribution is 7.91. The van der Waals surface area contributed by atoms with E-state index in [-0.39, 0.29) is 12.3 Å². The number of rotatable bonds is 5. The number of hydrogen-bond donors (Lipinski definition) is 2. The maximum Gasteiger partial charge on any atom is 0.319 e. The summed E-state index contributed by atoms with van der Waals surface area (Å²) in [4.78, 5) is 12.3. The average Bonchev–Trinajstić information content (AvgIpc) is 2.86. The van der Waals surface area contributed by atoms with E-state index < -0.39 is 15.9 Å². The monoisotopic (exact) mass is 405 g/mol. The third-order valence-corrected chi connectivity index (χ3v) is 6.51. The van der Waals surface area contributed by atoms with Gasteiger partial charge in [-0.2, -0.15) is 0 Å². The summed E-state index contributed by atoms with van der Waals surface area (Å²) in [5, 5.41) is 6.39. The molecule has 142 valence electrons. The van der Waals surface area contributed by atoms with Gasteiger partial charge in [0.15, 0.2) is 9.84 Å². The smallest absolute Gasteiger partial charge is 0.319 e. The number of nitrogens with one attached hydrogen (secondary N) is 2. The number of nitrogens with zero attached hydrogens (tertiary/aromatic N) is 1. The number of hydrogen-bond acceptors (Lipinski definition) is 3. The minimum atomic E-state index is -3.56. The van der Waals surface area contributed by atoms with E-state index in [0.717, 1.165) is 5.52 Å². The van der Waals surface area contributed by atoms with Gasteiger partial charge in [0.2, 0.25) is 0 Å². The number of urea groups is 1. The second kappa shape index (κ2) is 7.62. The number of anilines is 1. The van der Waals surface area contributed by atoms with Crippen LogP contribution in [0.3, 0.4) is 0 Å². The minimum absolute atomic E-state index is 0.00259. The number of carbonyl (C=O) groups excluding carboxylic acids is 1. The van der Waals surface area contributed by atoms with Crippen LogP contribution in [0.5, 0.6) is 0 Å². The van der Waals surface area contributed by atoms with Crippen molar-refractivity contribution in [2.45, 2.75) is 11.8 Å². The van der Waals surface area contributed by atoms with E-state index in [1.54, 1.807) is 37.3 Å². The van der Waals surface area contributed by atoms with Crippen LogP contribution in [0.2, 0.25) is 5.02 Å². The average molecular weight is 406 g/mol. The number of fused-ring (bicyclic) bond motifs is 1. The minimum Gasteiger partial charge on any atom is -0.347 e. The molecule has 3 aromatic rings. The molecule has 0 aliphatic heterocycles. The molecule has 0 bridgehead atoms. The highest BCUT2D eigenvalue weighted by atomic mass is 35.5. The lowest BCUT2D eigenvalue weighted by Crippen LogP contribution is -2.32. The Morgan fingerprint density at radius 3 is 2.63 bits per heavy atom. The number of aryl methyl sites for hydroxylation is 1. The molecule has 0 aliphatic carbocycles. The van der Waals surface area contributed by atoms with Crippen LogP contribution in [0.25, 0.3) is 10.9 Å². The first kappa shape index (κ1) is 19.3. The van der Waals surface area contributed by atoms with E-state index in [0.29, 0.717) is 26.7 Å². The Kier molecular flexibility index (Phi) is 5.43. The molecule has 1 aromatic heterocycles. The van der Waals surface area contributed by atoms with Crippen LogP contribution in [-0.2, 0) is 16.9 Å². The molecule has 0 unspecified atom stereocenters. The van der Waals surface area contributed by atoms with Gasteiger partial charge in [-0.15, -0.1) is 0 Å². The highest BCUT2D eigenvalue weighted by Crippen LogP contribution is 2.29. The van der Waals surface area contributed by atoms with Crippen molar-refractivity contribution >= 4 is 44.1 Å². The molecule has 0 aliphatic rings. The first-order valence-corrected chi connectivity index (χ1v) is 10.4. The lowest BCUT2D eigenvalue weighted by molar-refractivity contribution is 0.252.